The maximum atomic E-state index is 4.14. The van der Waals surface area contributed by atoms with Crippen molar-refractivity contribution in [2.24, 2.45) is 0 Å². The molecule has 0 radical (unpaired) electrons. The number of allylic oxidation sites excluding steroid dienone is 3. The first kappa shape index (κ1) is 12.8. The first-order valence-electron chi connectivity index (χ1n) is 5.16. The van der Waals surface area contributed by atoms with Gasteiger partial charge in [-0.1, -0.05) is 32.1 Å². The molecule has 0 aromatic rings. The van der Waals surface area contributed by atoms with Gasteiger partial charge in [0.25, 0.3) is 0 Å². The van der Waals surface area contributed by atoms with E-state index in [1.807, 2.05) is 19.9 Å². The molecule has 1 N–H and O–H groups in total. The minimum atomic E-state index is 1.10. The maximum absolute atomic E-state index is 4.14. The van der Waals surface area contributed by atoms with Gasteiger partial charge in [0.05, 0.1) is 0 Å². The van der Waals surface area contributed by atoms with Crippen LogP contribution in [0.25, 0.3) is 0 Å². The Labute approximate surface area is 87.7 Å². The van der Waals surface area contributed by atoms with Gasteiger partial charge >= 0.3 is 0 Å². The zero-order chi connectivity index (χ0) is 9.94. The van der Waals surface area contributed by atoms with Crippen LogP contribution in [0.3, 0.4) is 0 Å². The zero-order valence-electron chi connectivity index (χ0n) is 8.71. The SMILES string of the molecule is C1CNC1.CC.SC1=CCCC=C1. The number of hydrogen-bond donors (Lipinski definition) is 2. The van der Waals surface area contributed by atoms with Crippen molar-refractivity contribution in [3.8, 4) is 0 Å². The molecule has 2 heteroatoms. The largest absolute Gasteiger partial charge is 0.317 e. The highest BCUT2D eigenvalue weighted by Crippen LogP contribution is 2.11. The Balaban J connectivity index is 0.000000204. The molecule has 76 valence electrons. The fourth-order valence-corrected chi connectivity index (χ4v) is 1.01. The molecule has 2 aliphatic rings. The van der Waals surface area contributed by atoms with Crippen LogP contribution in [0.2, 0.25) is 0 Å². The number of nitrogens with one attached hydrogen (secondary N) is 1. The highest BCUT2D eigenvalue weighted by Gasteiger charge is 1.92. The molecule has 1 aliphatic carbocycles. The van der Waals surface area contributed by atoms with E-state index in [1.54, 1.807) is 0 Å². The van der Waals surface area contributed by atoms with Crippen LogP contribution in [0.1, 0.15) is 33.1 Å². The van der Waals surface area contributed by atoms with E-state index in [2.05, 4.69) is 30.1 Å². The lowest BCUT2D eigenvalue weighted by molar-refractivity contribution is 0.527. The van der Waals surface area contributed by atoms with Crippen LogP contribution in [0.15, 0.2) is 23.1 Å². The lowest BCUT2D eigenvalue weighted by Gasteiger charge is -2.09. The predicted octanol–water partition coefficient (Wildman–Crippen LogP) is 3.16. The molecule has 0 unspecified atom stereocenters. The average Bonchev–Trinajstić information content (AvgIpc) is 2.06. The second-order valence-corrected chi connectivity index (χ2v) is 3.23. The van der Waals surface area contributed by atoms with E-state index in [9.17, 15) is 0 Å². The van der Waals surface area contributed by atoms with Crippen molar-refractivity contribution in [2.75, 3.05) is 13.1 Å². The Morgan fingerprint density at radius 1 is 1.23 bits per heavy atom. The second-order valence-electron chi connectivity index (χ2n) is 2.71. The van der Waals surface area contributed by atoms with Crippen molar-refractivity contribution >= 4 is 12.6 Å². The van der Waals surface area contributed by atoms with Crippen molar-refractivity contribution in [1.82, 2.24) is 5.32 Å². The maximum Gasteiger partial charge on any atom is -0.000306 e. The van der Waals surface area contributed by atoms with Gasteiger partial charge < -0.3 is 5.32 Å². The van der Waals surface area contributed by atoms with Crippen molar-refractivity contribution in [3.05, 3.63) is 23.1 Å². The van der Waals surface area contributed by atoms with E-state index in [1.165, 1.54) is 25.9 Å². The number of rotatable bonds is 0. The van der Waals surface area contributed by atoms with Gasteiger partial charge in [0, 0.05) is 0 Å². The summed E-state index contributed by atoms with van der Waals surface area (Å²) in [5.41, 5.74) is 0. The molecular formula is C11H21NS. The molecule has 0 spiro atoms. The zero-order valence-corrected chi connectivity index (χ0v) is 9.61. The van der Waals surface area contributed by atoms with Gasteiger partial charge in [0.2, 0.25) is 0 Å². The van der Waals surface area contributed by atoms with Crippen LogP contribution in [0.5, 0.6) is 0 Å². The number of hydrogen-bond acceptors (Lipinski definition) is 2. The summed E-state index contributed by atoms with van der Waals surface area (Å²) in [6, 6.07) is 0. The molecule has 1 heterocycles. The lowest BCUT2D eigenvalue weighted by atomic mass is 10.2. The molecule has 0 bridgehead atoms. The molecule has 0 atom stereocenters. The lowest BCUT2D eigenvalue weighted by Crippen LogP contribution is -2.29. The topological polar surface area (TPSA) is 12.0 Å². The Bertz CT molecular complexity index is 153. The van der Waals surface area contributed by atoms with E-state index < -0.39 is 0 Å². The third-order valence-corrected chi connectivity index (χ3v) is 2.01. The second kappa shape index (κ2) is 9.87. The smallest absolute Gasteiger partial charge is 0.000306 e. The van der Waals surface area contributed by atoms with Gasteiger partial charge in [-0.05, 0) is 37.3 Å². The highest BCUT2D eigenvalue weighted by molar-refractivity contribution is 7.84. The summed E-state index contributed by atoms with van der Waals surface area (Å²) in [4.78, 5) is 1.10. The Hall–Kier alpha value is -0.210. The van der Waals surface area contributed by atoms with E-state index in [0.29, 0.717) is 0 Å². The van der Waals surface area contributed by atoms with Gasteiger partial charge in [0.1, 0.15) is 0 Å². The minimum absolute atomic E-state index is 1.10. The summed E-state index contributed by atoms with van der Waals surface area (Å²) in [7, 11) is 0. The standard InChI is InChI=1S/C6H8S.C3H7N.C2H6/c7-6-4-2-1-3-5-6;1-2-4-3-1;1-2/h2,4-5,7H,1,3H2;4H,1-3H2;1-2H3. The summed E-state index contributed by atoms with van der Waals surface area (Å²) < 4.78 is 0. The third kappa shape index (κ3) is 8.13. The summed E-state index contributed by atoms with van der Waals surface area (Å²) in [5.74, 6) is 0. The number of thiol groups is 1. The molecule has 1 fully saturated rings. The van der Waals surface area contributed by atoms with Gasteiger partial charge in [0.15, 0.2) is 0 Å². The van der Waals surface area contributed by atoms with Crippen molar-refractivity contribution in [1.29, 1.82) is 0 Å². The van der Waals surface area contributed by atoms with E-state index >= 15 is 0 Å². The van der Waals surface area contributed by atoms with Gasteiger partial charge in [-0.15, -0.1) is 12.6 Å². The summed E-state index contributed by atoms with van der Waals surface area (Å²) in [5, 5.41) is 3.11. The Morgan fingerprint density at radius 3 is 1.92 bits per heavy atom. The quantitative estimate of drug-likeness (QED) is 0.571. The van der Waals surface area contributed by atoms with Crippen LogP contribution in [0.4, 0.5) is 0 Å². The van der Waals surface area contributed by atoms with Gasteiger partial charge in [-0.25, -0.2) is 0 Å². The van der Waals surface area contributed by atoms with E-state index in [-0.39, 0.29) is 0 Å². The van der Waals surface area contributed by atoms with Crippen LogP contribution in [-0.4, -0.2) is 13.1 Å². The van der Waals surface area contributed by atoms with Gasteiger partial charge in [-0.3, -0.25) is 0 Å². The Kier molecular flexibility index (Phi) is 9.72. The van der Waals surface area contributed by atoms with Crippen LogP contribution in [0, 0.1) is 0 Å². The fraction of sp³-hybridized carbons (Fsp3) is 0.636. The Morgan fingerprint density at radius 2 is 1.77 bits per heavy atom. The van der Waals surface area contributed by atoms with Crippen LogP contribution < -0.4 is 5.32 Å². The normalized spacial score (nSPS) is 18.2. The van der Waals surface area contributed by atoms with Gasteiger partial charge in [-0.2, -0.15) is 0 Å². The molecule has 1 nitrogen and oxygen atoms in total. The molecular weight excluding hydrogens is 178 g/mol. The first-order valence-corrected chi connectivity index (χ1v) is 5.61. The highest BCUT2D eigenvalue weighted by atomic mass is 32.1. The molecule has 0 saturated carbocycles. The van der Waals surface area contributed by atoms with E-state index in [0.717, 1.165) is 11.3 Å². The first-order chi connectivity index (χ1) is 6.39. The molecule has 1 saturated heterocycles. The minimum Gasteiger partial charge on any atom is -0.317 e. The van der Waals surface area contributed by atoms with Crippen LogP contribution >= 0.6 is 12.6 Å². The predicted molar refractivity (Wildman–Crippen MR) is 64.3 cm³/mol. The van der Waals surface area contributed by atoms with Crippen LogP contribution in [-0.2, 0) is 0 Å². The molecule has 1 aliphatic heterocycles. The summed E-state index contributed by atoms with van der Waals surface area (Å²) in [6.07, 6.45) is 10.0. The molecule has 2 rings (SSSR count). The van der Waals surface area contributed by atoms with Crippen molar-refractivity contribution in [2.45, 2.75) is 33.1 Å². The van der Waals surface area contributed by atoms with Crippen molar-refractivity contribution in [3.63, 3.8) is 0 Å². The molecule has 13 heavy (non-hydrogen) atoms. The summed E-state index contributed by atoms with van der Waals surface area (Å²) >= 11 is 4.14. The molecule has 0 amide bonds. The third-order valence-electron chi connectivity index (χ3n) is 1.68. The van der Waals surface area contributed by atoms with Crippen molar-refractivity contribution < 1.29 is 0 Å². The molecule has 0 aromatic carbocycles. The molecule has 0 aromatic heterocycles. The van der Waals surface area contributed by atoms with E-state index in [4.69, 9.17) is 0 Å². The monoisotopic (exact) mass is 199 g/mol. The average molecular weight is 199 g/mol. The summed E-state index contributed by atoms with van der Waals surface area (Å²) in [6.45, 7) is 6.50. The fourth-order valence-electron chi connectivity index (χ4n) is 0.776.